The molecule has 1 aliphatic carbocycles. The highest BCUT2D eigenvalue weighted by molar-refractivity contribution is 6.22. The number of carbonyl (C=O) groups excluding carboxylic acids is 3. The number of allylic oxidation sites excluding steroid dienone is 2. The molecule has 148 valence electrons. The number of aryl methyl sites for hydroxylation is 1. The third kappa shape index (κ3) is 3.37. The van der Waals surface area contributed by atoms with E-state index in [-0.39, 0.29) is 35.5 Å². The summed E-state index contributed by atoms with van der Waals surface area (Å²) in [6.45, 7) is 4.00. The van der Waals surface area contributed by atoms with Gasteiger partial charge in [0.15, 0.2) is 0 Å². The van der Waals surface area contributed by atoms with Gasteiger partial charge in [-0.3, -0.25) is 19.3 Å². The predicted molar refractivity (Wildman–Crippen MR) is 113 cm³/mol. The first-order chi connectivity index (χ1) is 14.0. The highest BCUT2D eigenvalue weighted by Crippen LogP contribution is 2.40. The number of imide groups is 1. The van der Waals surface area contributed by atoms with Crippen LogP contribution < -0.4 is 10.2 Å². The second-order valence-corrected chi connectivity index (χ2v) is 7.68. The molecule has 0 radical (unpaired) electrons. The van der Waals surface area contributed by atoms with Crippen LogP contribution >= 0.6 is 0 Å². The molecule has 29 heavy (non-hydrogen) atoms. The number of amides is 3. The van der Waals surface area contributed by atoms with Crippen LogP contribution in [0.2, 0.25) is 0 Å². The monoisotopic (exact) mass is 388 g/mol. The lowest BCUT2D eigenvalue weighted by atomic mass is 9.78. The van der Waals surface area contributed by atoms with Gasteiger partial charge in [-0.15, -0.1) is 0 Å². The van der Waals surface area contributed by atoms with Gasteiger partial charge in [0.1, 0.15) is 0 Å². The zero-order chi connectivity index (χ0) is 20.5. The number of benzene rings is 2. The number of hydrogen-bond donors (Lipinski definition) is 1. The Bertz CT molecular complexity index is 1010. The second kappa shape index (κ2) is 7.66. The maximum atomic E-state index is 13.0. The van der Waals surface area contributed by atoms with Crippen LogP contribution in [0.15, 0.2) is 60.7 Å². The molecule has 2 aromatic rings. The molecular weight excluding hydrogens is 364 g/mol. The number of fused-ring (bicyclic) bond motifs is 1. The van der Waals surface area contributed by atoms with Crippen molar-refractivity contribution in [1.29, 1.82) is 0 Å². The molecule has 1 saturated heterocycles. The van der Waals surface area contributed by atoms with Crippen molar-refractivity contribution in [3.63, 3.8) is 0 Å². The van der Waals surface area contributed by atoms with Crippen LogP contribution in [0.3, 0.4) is 0 Å². The van der Waals surface area contributed by atoms with Crippen molar-refractivity contribution in [3.8, 4) is 0 Å². The fraction of sp³-hybridized carbons (Fsp3) is 0.292. The van der Waals surface area contributed by atoms with Crippen LogP contribution in [0.25, 0.3) is 0 Å². The Balaban J connectivity index is 1.60. The van der Waals surface area contributed by atoms with Gasteiger partial charge in [0.2, 0.25) is 11.8 Å². The van der Waals surface area contributed by atoms with Gasteiger partial charge in [-0.25, -0.2) is 0 Å². The number of carbonyl (C=O) groups is 3. The van der Waals surface area contributed by atoms with Crippen molar-refractivity contribution < 1.29 is 14.4 Å². The fourth-order valence-corrected chi connectivity index (χ4v) is 4.33. The lowest BCUT2D eigenvalue weighted by Crippen LogP contribution is -2.31. The topological polar surface area (TPSA) is 66.5 Å². The van der Waals surface area contributed by atoms with Crippen molar-refractivity contribution >= 4 is 29.1 Å². The van der Waals surface area contributed by atoms with Gasteiger partial charge in [0.25, 0.3) is 5.91 Å². The smallest absolute Gasteiger partial charge is 0.255 e. The van der Waals surface area contributed by atoms with Gasteiger partial charge in [0, 0.05) is 11.3 Å². The van der Waals surface area contributed by atoms with E-state index in [0.29, 0.717) is 17.7 Å². The quantitative estimate of drug-likeness (QED) is 0.630. The minimum atomic E-state index is -0.318. The molecule has 3 atom stereocenters. The van der Waals surface area contributed by atoms with E-state index < -0.39 is 0 Å². The molecule has 5 heteroatoms. The van der Waals surface area contributed by atoms with Crippen LogP contribution in [0.5, 0.6) is 0 Å². The van der Waals surface area contributed by atoms with Crippen molar-refractivity contribution in [3.05, 3.63) is 71.8 Å². The van der Waals surface area contributed by atoms with Crippen molar-refractivity contribution in [1.82, 2.24) is 0 Å². The number of nitrogens with zero attached hydrogens (tertiary/aromatic N) is 1. The SMILES string of the molecule is CCc1ccccc1NC(=O)c1cccc(N2C(=O)[C@@H]3[C@@H](C)C=CC[C@H]3C2=O)c1. The molecule has 1 aliphatic heterocycles. The van der Waals surface area contributed by atoms with E-state index in [2.05, 4.69) is 5.32 Å². The summed E-state index contributed by atoms with van der Waals surface area (Å²) < 4.78 is 0. The maximum absolute atomic E-state index is 13.0. The fourth-order valence-electron chi connectivity index (χ4n) is 4.33. The first kappa shape index (κ1) is 19.1. The van der Waals surface area contributed by atoms with Crippen LogP contribution in [0.1, 0.15) is 36.2 Å². The van der Waals surface area contributed by atoms with E-state index in [1.807, 2.05) is 50.3 Å². The third-order valence-corrected chi connectivity index (χ3v) is 5.89. The Morgan fingerprint density at radius 1 is 1.10 bits per heavy atom. The molecule has 3 amide bonds. The Kier molecular flexibility index (Phi) is 5.05. The molecule has 2 aromatic carbocycles. The molecule has 1 heterocycles. The van der Waals surface area contributed by atoms with E-state index in [4.69, 9.17) is 0 Å². The summed E-state index contributed by atoms with van der Waals surface area (Å²) in [5.74, 6) is -1.21. The van der Waals surface area contributed by atoms with Gasteiger partial charge in [0.05, 0.1) is 17.5 Å². The number of rotatable bonds is 4. The minimum Gasteiger partial charge on any atom is -0.322 e. The van der Waals surface area contributed by atoms with Crippen molar-refractivity contribution in [2.75, 3.05) is 10.2 Å². The Morgan fingerprint density at radius 3 is 2.66 bits per heavy atom. The number of nitrogens with one attached hydrogen (secondary N) is 1. The van der Waals surface area contributed by atoms with E-state index in [9.17, 15) is 14.4 Å². The highest BCUT2D eigenvalue weighted by atomic mass is 16.2. The first-order valence-corrected chi connectivity index (χ1v) is 10.0. The van der Waals surface area contributed by atoms with E-state index in [0.717, 1.165) is 17.7 Å². The molecule has 0 saturated carbocycles. The summed E-state index contributed by atoms with van der Waals surface area (Å²) in [5, 5.41) is 2.94. The van der Waals surface area contributed by atoms with Gasteiger partial charge in [-0.2, -0.15) is 0 Å². The predicted octanol–water partition coefficient (Wildman–Crippen LogP) is 4.20. The zero-order valence-electron chi connectivity index (χ0n) is 16.6. The summed E-state index contributed by atoms with van der Waals surface area (Å²) in [6, 6.07) is 14.4. The lowest BCUT2D eigenvalue weighted by Gasteiger charge is -2.22. The van der Waals surface area contributed by atoms with Gasteiger partial charge in [-0.05, 0) is 48.6 Å². The number of para-hydroxylation sites is 1. The van der Waals surface area contributed by atoms with Crippen LogP contribution in [-0.2, 0) is 16.0 Å². The van der Waals surface area contributed by atoms with Crippen molar-refractivity contribution in [2.45, 2.75) is 26.7 Å². The van der Waals surface area contributed by atoms with Gasteiger partial charge < -0.3 is 5.32 Å². The van der Waals surface area contributed by atoms with Crippen LogP contribution in [0.4, 0.5) is 11.4 Å². The molecule has 4 rings (SSSR count). The molecule has 0 bridgehead atoms. The maximum Gasteiger partial charge on any atom is 0.255 e. The second-order valence-electron chi connectivity index (χ2n) is 7.68. The zero-order valence-corrected chi connectivity index (χ0v) is 16.6. The highest BCUT2D eigenvalue weighted by Gasteiger charge is 2.50. The number of hydrogen-bond acceptors (Lipinski definition) is 3. The molecule has 5 nitrogen and oxygen atoms in total. The molecule has 0 aromatic heterocycles. The largest absolute Gasteiger partial charge is 0.322 e. The van der Waals surface area contributed by atoms with Crippen LogP contribution in [0, 0.1) is 17.8 Å². The summed E-state index contributed by atoms with van der Waals surface area (Å²) in [4.78, 5) is 40.0. The summed E-state index contributed by atoms with van der Waals surface area (Å²) in [5.41, 5.74) is 2.69. The minimum absolute atomic E-state index is 0.0345. The average molecular weight is 388 g/mol. The Morgan fingerprint density at radius 2 is 1.90 bits per heavy atom. The van der Waals surface area contributed by atoms with E-state index in [1.165, 1.54) is 4.90 Å². The van der Waals surface area contributed by atoms with Crippen molar-refractivity contribution in [2.24, 2.45) is 17.8 Å². The number of anilines is 2. The lowest BCUT2D eigenvalue weighted by molar-refractivity contribution is -0.122. The first-order valence-electron chi connectivity index (χ1n) is 10.0. The summed E-state index contributed by atoms with van der Waals surface area (Å²) in [6.07, 6.45) is 5.38. The molecular formula is C24H24N2O3. The van der Waals surface area contributed by atoms with E-state index >= 15 is 0 Å². The summed E-state index contributed by atoms with van der Waals surface area (Å²) >= 11 is 0. The molecule has 1 fully saturated rings. The van der Waals surface area contributed by atoms with Gasteiger partial charge in [-0.1, -0.05) is 50.3 Å². The molecule has 1 N–H and O–H groups in total. The molecule has 2 aliphatic rings. The average Bonchev–Trinajstić information content (AvgIpc) is 2.99. The van der Waals surface area contributed by atoms with Crippen LogP contribution in [-0.4, -0.2) is 17.7 Å². The van der Waals surface area contributed by atoms with E-state index in [1.54, 1.807) is 24.3 Å². The van der Waals surface area contributed by atoms with Gasteiger partial charge >= 0.3 is 0 Å². The summed E-state index contributed by atoms with van der Waals surface area (Å²) in [7, 11) is 0. The Hall–Kier alpha value is -3.21. The normalized spacial score (nSPS) is 23.2. The Labute approximate surface area is 170 Å². The molecule has 0 spiro atoms. The standard InChI is InChI=1S/C24H24N2O3/c1-3-16-9-4-5-13-20(16)25-22(27)17-10-7-11-18(14-17)26-23(28)19-12-6-8-15(2)21(19)24(26)29/h4-11,13-15,19,21H,3,12H2,1-2H3,(H,25,27)/t15-,19+,21+/m0/s1. The molecule has 0 unspecified atom stereocenters. The third-order valence-electron chi connectivity index (χ3n) is 5.89.